The number of aromatic nitrogens is 4. The van der Waals surface area contributed by atoms with Gasteiger partial charge in [-0.25, -0.2) is 18.3 Å². The van der Waals surface area contributed by atoms with Gasteiger partial charge in [0, 0.05) is 36.4 Å². The van der Waals surface area contributed by atoms with Gasteiger partial charge in [0.15, 0.2) is 50.3 Å². The Bertz CT molecular complexity index is 1030. The van der Waals surface area contributed by atoms with E-state index in [1.807, 2.05) is 0 Å². The Hall–Kier alpha value is -3.40. The van der Waals surface area contributed by atoms with Gasteiger partial charge in [-0.05, 0) is 24.3 Å². The molecule has 0 aliphatic carbocycles. The summed E-state index contributed by atoms with van der Waals surface area (Å²) in [7, 11) is 4.17. The third-order valence-corrected chi connectivity index (χ3v) is 5.25. The SMILES string of the molecule is C[n+]1ccccc1-c1ccc[n+](CCC[n+]2cccc(-c3cccc[n+]3C)c2)c1. The monoisotopic (exact) mass is 384 g/mol. The number of aryl methyl sites for hydroxylation is 4. The quantitative estimate of drug-likeness (QED) is 0.454. The Morgan fingerprint density at radius 1 is 0.552 bits per heavy atom. The summed E-state index contributed by atoms with van der Waals surface area (Å²) in [6, 6.07) is 21.2. The zero-order valence-corrected chi connectivity index (χ0v) is 17.1. The molecule has 0 unspecified atom stereocenters. The van der Waals surface area contributed by atoms with E-state index in [0.717, 1.165) is 19.5 Å². The molecule has 0 fully saturated rings. The summed E-state index contributed by atoms with van der Waals surface area (Å²) in [4.78, 5) is 0. The first-order valence-electron chi connectivity index (χ1n) is 10.1. The van der Waals surface area contributed by atoms with Gasteiger partial charge >= 0.3 is 0 Å². The molecule has 29 heavy (non-hydrogen) atoms. The molecule has 4 aromatic rings. The smallest absolute Gasteiger partial charge is 0.204 e. The average molecular weight is 385 g/mol. The van der Waals surface area contributed by atoms with Gasteiger partial charge < -0.3 is 0 Å². The first kappa shape index (κ1) is 18.9. The minimum Gasteiger partial charge on any atom is -0.204 e. The van der Waals surface area contributed by atoms with Crippen LogP contribution in [0.5, 0.6) is 0 Å². The van der Waals surface area contributed by atoms with E-state index in [0.29, 0.717) is 0 Å². The van der Waals surface area contributed by atoms with Crippen molar-refractivity contribution in [1.82, 2.24) is 0 Å². The first-order valence-corrected chi connectivity index (χ1v) is 10.1. The van der Waals surface area contributed by atoms with Gasteiger partial charge in [-0.2, -0.15) is 0 Å². The molecule has 0 saturated carbocycles. The fourth-order valence-electron chi connectivity index (χ4n) is 3.71. The molecule has 4 heteroatoms. The second-order valence-electron chi connectivity index (χ2n) is 7.41. The molecule has 4 nitrogen and oxygen atoms in total. The Morgan fingerprint density at radius 3 is 1.48 bits per heavy atom. The second-order valence-corrected chi connectivity index (χ2v) is 7.41. The molecule has 0 atom stereocenters. The molecule has 4 aromatic heterocycles. The molecular formula is C25H28N4+4. The highest BCUT2D eigenvalue weighted by Gasteiger charge is 2.15. The lowest BCUT2D eigenvalue weighted by Crippen LogP contribution is -2.39. The molecule has 0 spiro atoms. The Labute approximate surface area is 172 Å². The minimum atomic E-state index is 0.987. The van der Waals surface area contributed by atoms with Gasteiger partial charge in [-0.1, -0.05) is 0 Å². The maximum atomic E-state index is 2.28. The number of hydrogen-bond donors (Lipinski definition) is 0. The molecule has 144 valence electrons. The lowest BCUT2D eigenvalue weighted by Gasteiger charge is -2.01. The van der Waals surface area contributed by atoms with Crippen molar-refractivity contribution >= 4 is 0 Å². The molecule has 0 saturated heterocycles. The molecular weight excluding hydrogens is 356 g/mol. The average Bonchev–Trinajstić information content (AvgIpc) is 2.75. The number of hydrogen-bond acceptors (Lipinski definition) is 0. The van der Waals surface area contributed by atoms with Crippen LogP contribution in [-0.2, 0) is 27.2 Å². The highest BCUT2D eigenvalue weighted by atomic mass is 15.0. The summed E-state index contributed by atoms with van der Waals surface area (Å²) >= 11 is 0. The van der Waals surface area contributed by atoms with Crippen LogP contribution in [0.2, 0.25) is 0 Å². The summed E-state index contributed by atoms with van der Waals surface area (Å²) in [5.74, 6) is 0. The van der Waals surface area contributed by atoms with E-state index in [-0.39, 0.29) is 0 Å². The lowest BCUT2D eigenvalue weighted by atomic mass is 10.2. The van der Waals surface area contributed by atoms with Crippen molar-refractivity contribution in [2.45, 2.75) is 19.5 Å². The van der Waals surface area contributed by atoms with Crippen molar-refractivity contribution in [3.05, 3.63) is 97.8 Å². The van der Waals surface area contributed by atoms with Gasteiger partial charge in [0.1, 0.15) is 25.2 Å². The molecule has 0 amide bonds. The van der Waals surface area contributed by atoms with E-state index < -0.39 is 0 Å². The molecule has 4 rings (SSSR count). The van der Waals surface area contributed by atoms with Crippen molar-refractivity contribution in [3.63, 3.8) is 0 Å². The topological polar surface area (TPSA) is 15.5 Å². The van der Waals surface area contributed by atoms with E-state index in [1.54, 1.807) is 0 Å². The number of nitrogens with zero attached hydrogens (tertiary/aromatic N) is 4. The van der Waals surface area contributed by atoms with Crippen LogP contribution in [-0.4, -0.2) is 0 Å². The van der Waals surface area contributed by atoms with Gasteiger partial charge in [-0.15, -0.1) is 0 Å². The normalized spacial score (nSPS) is 10.8. The van der Waals surface area contributed by atoms with Crippen LogP contribution in [0.4, 0.5) is 0 Å². The number of rotatable bonds is 6. The lowest BCUT2D eigenvalue weighted by molar-refractivity contribution is -0.727. The van der Waals surface area contributed by atoms with Crippen LogP contribution in [0.3, 0.4) is 0 Å². The van der Waals surface area contributed by atoms with Gasteiger partial charge in [0.05, 0.1) is 6.42 Å². The summed E-state index contributed by atoms with van der Waals surface area (Å²) in [6.45, 7) is 1.97. The summed E-state index contributed by atoms with van der Waals surface area (Å²) < 4.78 is 8.88. The van der Waals surface area contributed by atoms with E-state index in [1.165, 1.54) is 22.5 Å². The highest BCUT2D eigenvalue weighted by Crippen LogP contribution is 2.12. The van der Waals surface area contributed by atoms with Crippen LogP contribution in [0, 0.1) is 0 Å². The molecule has 4 heterocycles. The Morgan fingerprint density at radius 2 is 1.03 bits per heavy atom. The predicted molar refractivity (Wildman–Crippen MR) is 111 cm³/mol. The summed E-state index contributed by atoms with van der Waals surface area (Å²) in [5.41, 5.74) is 4.92. The second kappa shape index (κ2) is 8.74. The third kappa shape index (κ3) is 4.54. The zero-order valence-electron chi connectivity index (χ0n) is 17.1. The van der Waals surface area contributed by atoms with Gasteiger partial charge in [0.2, 0.25) is 11.4 Å². The third-order valence-electron chi connectivity index (χ3n) is 5.25. The molecule has 0 radical (unpaired) electrons. The highest BCUT2D eigenvalue weighted by molar-refractivity contribution is 5.53. The van der Waals surface area contributed by atoms with Gasteiger partial charge in [0.25, 0.3) is 0 Å². The summed E-state index contributed by atoms with van der Waals surface area (Å²) in [6.07, 6.45) is 14.0. The predicted octanol–water partition coefficient (Wildman–Crippen LogP) is 2.33. The molecule has 0 N–H and O–H groups in total. The van der Waals surface area contributed by atoms with E-state index in [9.17, 15) is 0 Å². The van der Waals surface area contributed by atoms with Crippen molar-refractivity contribution < 1.29 is 18.3 Å². The molecule has 0 aliphatic rings. The fraction of sp³-hybridized carbons (Fsp3) is 0.200. The molecule has 0 aliphatic heterocycles. The molecule has 0 bridgehead atoms. The van der Waals surface area contributed by atoms with Crippen LogP contribution >= 0.6 is 0 Å². The van der Waals surface area contributed by atoms with Crippen LogP contribution < -0.4 is 18.3 Å². The molecule has 0 aromatic carbocycles. The van der Waals surface area contributed by atoms with Crippen molar-refractivity contribution in [2.24, 2.45) is 14.1 Å². The van der Waals surface area contributed by atoms with Crippen LogP contribution in [0.15, 0.2) is 97.8 Å². The van der Waals surface area contributed by atoms with Crippen molar-refractivity contribution in [3.8, 4) is 22.5 Å². The minimum absolute atomic E-state index is 0.987. The zero-order chi connectivity index (χ0) is 20.1. The van der Waals surface area contributed by atoms with Crippen LogP contribution in [0.1, 0.15) is 6.42 Å². The Balaban J connectivity index is 1.44. The standard InChI is InChI=1S/C25H28N4/c1-26-14-5-3-12-24(26)22-10-7-16-28(20-22)18-9-19-29-17-8-11-23(21-29)25-13-4-6-15-27(25)2/h3-8,10-17,20-21H,9,18-19H2,1-2H3/q+4. The fourth-order valence-corrected chi connectivity index (χ4v) is 3.71. The van der Waals surface area contributed by atoms with Crippen LogP contribution in [0.25, 0.3) is 22.5 Å². The first-order chi connectivity index (χ1) is 14.2. The maximum Gasteiger partial charge on any atom is 0.218 e. The largest absolute Gasteiger partial charge is 0.218 e. The maximum absolute atomic E-state index is 2.28. The van der Waals surface area contributed by atoms with Crippen molar-refractivity contribution in [1.29, 1.82) is 0 Å². The van der Waals surface area contributed by atoms with Crippen molar-refractivity contribution in [2.75, 3.05) is 0 Å². The number of pyridine rings is 4. The van der Waals surface area contributed by atoms with E-state index in [2.05, 4.69) is 130 Å². The summed E-state index contributed by atoms with van der Waals surface area (Å²) in [5, 5.41) is 0. The Kier molecular flexibility index (Phi) is 5.71. The van der Waals surface area contributed by atoms with Gasteiger partial charge in [-0.3, -0.25) is 0 Å². The van der Waals surface area contributed by atoms with E-state index in [4.69, 9.17) is 0 Å². The van der Waals surface area contributed by atoms with E-state index >= 15 is 0 Å².